The van der Waals surface area contributed by atoms with Gasteiger partial charge in [0.25, 0.3) is 0 Å². The molecule has 1 N–H and O–H groups in total. The van der Waals surface area contributed by atoms with Crippen molar-refractivity contribution in [1.82, 2.24) is 5.32 Å². The van der Waals surface area contributed by atoms with Gasteiger partial charge in [-0.15, -0.1) is 0 Å². The highest BCUT2D eigenvalue weighted by atomic mass is 32.2. The van der Waals surface area contributed by atoms with E-state index in [0.29, 0.717) is 5.41 Å². The van der Waals surface area contributed by atoms with E-state index in [9.17, 15) is 0 Å². The first-order chi connectivity index (χ1) is 7.74. The van der Waals surface area contributed by atoms with Crippen molar-refractivity contribution in [2.75, 3.05) is 26.0 Å². The Kier molecular flexibility index (Phi) is 4.14. The maximum absolute atomic E-state index is 5.21. The average Bonchev–Trinajstić information content (AvgIpc) is 2.77. The van der Waals surface area contributed by atoms with Crippen LogP contribution in [0.25, 0.3) is 0 Å². The molecule has 92 valence electrons. The van der Waals surface area contributed by atoms with Crippen LogP contribution in [0.5, 0.6) is 0 Å². The van der Waals surface area contributed by atoms with Gasteiger partial charge in [0.2, 0.25) is 0 Å². The Hall–Kier alpha value is -0.220. The van der Waals surface area contributed by atoms with Gasteiger partial charge < -0.3 is 10.1 Å². The third-order valence-electron chi connectivity index (χ3n) is 3.68. The maximum Gasteiger partial charge on any atom is 0.156 e. The first kappa shape index (κ1) is 12.2. The van der Waals surface area contributed by atoms with Crippen molar-refractivity contribution in [2.45, 2.75) is 38.7 Å². The van der Waals surface area contributed by atoms with Crippen LogP contribution in [0.3, 0.4) is 0 Å². The summed E-state index contributed by atoms with van der Waals surface area (Å²) in [6.45, 7) is 3.96. The third kappa shape index (κ3) is 2.92. The number of aliphatic imine (C=N–C) groups is 1. The maximum atomic E-state index is 5.21. The van der Waals surface area contributed by atoms with Crippen LogP contribution in [-0.4, -0.2) is 37.2 Å². The Morgan fingerprint density at radius 1 is 1.50 bits per heavy atom. The molecular weight excluding hydrogens is 220 g/mol. The molecule has 0 aromatic rings. The summed E-state index contributed by atoms with van der Waals surface area (Å²) in [4.78, 5) is 4.68. The minimum Gasteiger partial charge on any atom is -0.380 e. The lowest BCUT2D eigenvalue weighted by atomic mass is 9.89. The number of hydrogen-bond donors (Lipinski definition) is 1. The molecule has 1 unspecified atom stereocenters. The quantitative estimate of drug-likeness (QED) is 0.824. The monoisotopic (exact) mass is 242 g/mol. The number of nitrogens with zero attached hydrogens (tertiary/aromatic N) is 1. The second-order valence-electron chi connectivity index (χ2n) is 5.04. The molecular formula is C12H22N2OS. The predicted molar refractivity (Wildman–Crippen MR) is 70.1 cm³/mol. The Bertz CT molecular complexity index is 262. The summed E-state index contributed by atoms with van der Waals surface area (Å²) in [6, 6.07) is 0. The molecule has 0 saturated heterocycles. The van der Waals surface area contributed by atoms with E-state index in [1.54, 1.807) is 7.11 Å². The van der Waals surface area contributed by atoms with E-state index in [1.165, 1.54) is 31.4 Å². The standard InChI is InChI=1S/C12H22N2OS/c1-10(15-2)7-13-11-14-8-12(9-16-11)5-3-4-6-12/h10H,3-9H2,1-2H3,(H,13,14). The van der Waals surface area contributed by atoms with E-state index in [2.05, 4.69) is 17.2 Å². The van der Waals surface area contributed by atoms with E-state index in [4.69, 9.17) is 4.74 Å². The van der Waals surface area contributed by atoms with Crippen LogP contribution < -0.4 is 5.32 Å². The van der Waals surface area contributed by atoms with Gasteiger partial charge >= 0.3 is 0 Å². The fraction of sp³-hybridized carbons (Fsp3) is 0.917. The van der Waals surface area contributed by atoms with E-state index in [1.807, 2.05) is 11.8 Å². The van der Waals surface area contributed by atoms with Gasteiger partial charge in [0.05, 0.1) is 6.10 Å². The summed E-state index contributed by atoms with van der Waals surface area (Å²) in [5.74, 6) is 1.25. The molecule has 1 atom stereocenters. The zero-order chi connectivity index (χ0) is 11.4. The zero-order valence-corrected chi connectivity index (χ0v) is 11.1. The van der Waals surface area contributed by atoms with Crippen molar-refractivity contribution in [3.05, 3.63) is 0 Å². The third-order valence-corrected chi connectivity index (χ3v) is 4.98. The molecule has 0 aromatic carbocycles. The molecule has 1 spiro atoms. The molecule has 1 aliphatic heterocycles. The van der Waals surface area contributed by atoms with Crippen molar-refractivity contribution < 1.29 is 4.74 Å². The Labute approximate surface area is 102 Å². The number of amidine groups is 1. The average molecular weight is 242 g/mol. The zero-order valence-electron chi connectivity index (χ0n) is 10.3. The molecule has 0 bridgehead atoms. The van der Waals surface area contributed by atoms with Crippen molar-refractivity contribution >= 4 is 16.9 Å². The topological polar surface area (TPSA) is 33.6 Å². The van der Waals surface area contributed by atoms with Crippen molar-refractivity contribution in [2.24, 2.45) is 10.4 Å². The summed E-state index contributed by atoms with van der Waals surface area (Å²) in [7, 11) is 1.75. The fourth-order valence-electron chi connectivity index (χ4n) is 2.40. The first-order valence-electron chi connectivity index (χ1n) is 6.18. The Morgan fingerprint density at radius 3 is 2.81 bits per heavy atom. The van der Waals surface area contributed by atoms with E-state index in [0.717, 1.165) is 18.3 Å². The molecule has 0 amide bonds. The van der Waals surface area contributed by atoms with Crippen LogP contribution in [-0.2, 0) is 4.74 Å². The van der Waals surface area contributed by atoms with Crippen LogP contribution in [0.15, 0.2) is 4.99 Å². The number of hydrogen-bond acceptors (Lipinski definition) is 4. The number of nitrogens with one attached hydrogen (secondary N) is 1. The lowest BCUT2D eigenvalue weighted by Crippen LogP contribution is -2.36. The smallest absolute Gasteiger partial charge is 0.156 e. The minimum atomic E-state index is 0.255. The molecule has 0 aromatic heterocycles. The number of ether oxygens (including phenoxy) is 1. The van der Waals surface area contributed by atoms with Gasteiger partial charge in [-0.25, -0.2) is 0 Å². The van der Waals surface area contributed by atoms with Crippen molar-refractivity contribution in [3.8, 4) is 0 Å². The van der Waals surface area contributed by atoms with Gasteiger partial charge in [-0.1, -0.05) is 24.6 Å². The highest BCUT2D eigenvalue weighted by Gasteiger charge is 2.36. The molecule has 2 rings (SSSR count). The predicted octanol–water partition coefficient (Wildman–Crippen LogP) is 2.27. The van der Waals surface area contributed by atoms with Crippen LogP contribution >= 0.6 is 11.8 Å². The summed E-state index contributed by atoms with van der Waals surface area (Å²) in [5.41, 5.74) is 0.544. The normalized spacial score (nSPS) is 25.5. The fourth-order valence-corrected chi connectivity index (χ4v) is 3.57. The molecule has 3 nitrogen and oxygen atoms in total. The molecule has 4 heteroatoms. The SMILES string of the molecule is COC(C)CNC1=NCC2(CCCC2)CS1. The molecule has 1 heterocycles. The molecule has 2 aliphatic rings. The number of thioether (sulfide) groups is 1. The minimum absolute atomic E-state index is 0.255. The van der Waals surface area contributed by atoms with Gasteiger partial charge in [0, 0.05) is 26.0 Å². The second-order valence-corrected chi connectivity index (χ2v) is 6.01. The van der Waals surface area contributed by atoms with Crippen LogP contribution in [0.4, 0.5) is 0 Å². The summed E-state index contributed by atoms with van der Waals surface area (Å²) in [6.07, 6.45) is 5.82. The van der Waals surface area contributed by atoms with E-state index in [-0.39, 0.29) is 6.10 Å². The molecule has 1 fully saturated rings. The number of rotatable bonds is 3. The van der Waals surface area contributed by atoms with Crippen LogP contribution in [0.2, 0.25) is 0 Å². The lowest BCUT2D eigenvalue weighted by molar-refractivity contribution is 0.121. The first-order valence-corrected chi connectivity index (χ1v) is 7.17. The van der Waals surface area contributed by atoms with Gasteiger partial charge in [-0.05, 0) is 25.2 Å². The van der Waals surface area contributed by atoms with Gasteiger partial charge in [-0.3, -0.25) is 4.99 Å². The Balaban J connectivity index is 1.79. The van der Waals surface area contributed by atoms with Crippen molar-refractivity contribution in [3.63, 3.8) is 0 Å². The van der Waals surface area contributed by atoms with Crippen molar-refractivity contribution in [1.29, 1.82) is 0 Å². The second kappa shape index (κ2) is 5.41. The summed E-state index contributed by atoms with van der Waals surface area (Å²) >= 11 is 1.90. The van der Waals surface area contributed by atoms with Crippen LogP contribution in [0.1, 0.15) is 32.6 Å². The highest BCUT2D eigenvalue weighted by molar-refractivity contribution is 8.13. The largest absolute Gasteiger partial charge is 0.380 e. The lowest BCUT2D eigenvalue weighted by Gasteiger charge is -2.31. The molecule has 0 radical (unpaired) electrons. The summed E-state index contributed by atoms with van der Waals surface area (Å²) in [5, 5.41) is 4.48. The highest BCUT2D eigenvalue weighted by Crippen LogP contribution is 2.43. The molecule has 16 heavy (non-hydrogen) atoms. The van der Waals surface area contributed by atoms with Crippen LogP contribution in [0, 0.1) is 5.41 Å². The van der Waals surface area contributed by atoms with E-state index >= 15 is 0 Å². The molecule has 1 saturated carbocycles. The number of methoxy groups -OCH3 is 1. The Morgan fingerprint density at radius 2 is 2.25 bits per heavy atom. The van der Waals surface area contributed by atoms with Gasteiger partial charge in [0.15, 0.2) is 5.17 Å². The van der Waals surface area contributed by atoms with Gasteiger partial charge in [-0.2, -0.15) is 0 Å². The van der Waals surface area contributed by atoms with Gasteiger partial charge in [0.1, 0.15) is 0 Å². The summed E-state index contributed by atoms with van der Waals surface area (Å²) < 4.78 is 5.21. The van der Waals surface area contributed by atoms with E-state index < -0.39 is 0 Å². The molecule has 1 aliphatic carbocycles.